The van der Waals surface area contributed by atoms with E-state index in [2.05, 4.69) is 5.32 Å². The third kappa shape index (κ3) is 7.05. The number of nitrogens with one attached hydrogen (secondary N) is 1. The topological polar surface area (TPSA) is 86.8 Å². The summed E-state index contributed by atoms with van der Waals surface area (Å²) in [6.07, 6.45) is 1.09. The molecule has 1 atom stereocenters. The summed E-state index contributed by atoms with van der Waals surface area (Å²) in [7, 11) is -3.75. The third-order valence-electron chi connectivity index (χ3n) is 5.46. The normalized spacial score (nSPS) is 12.3. The molecule has 0 radical (unpaired) electrons. The molecule has 2 rings (SSSR count). The van der Waals surface area contributed by atoms with Crippen molar-refractivity contribution < 1.29 is 18.0 Å². The molecule has 0 saturated heterocycles. The van der Waals surface area contributed by atoms with E-state index in [0.29, 0.717) is 12.2 Å². The molecular weight excluding hydrogens is 438 g/mol. The Hall–Kier alpha value is -2.87. The van der Waals surface area contributed by atoms with E-state index in [4.69, 9.17) is 0 Å². The zero-order valence-electron chi connectivity index (χ0n) is 20.3. The van der Waals surface area contributed by atoms with Gasteiger partial charge < -0.3 is 10.2 Å². The average Bonchev–Trinajstić information content (AvgIpc) is 2.74. The molecule has 0 aliphatic heterocycles. The van der Waals surface area contributed by atoms with Crippen LogP contribution in [-0.2, 0) is 26.2 Å². The fourth-order valence-corrected chi connectivity index (χ4v) is 4.58. The minimum atomic E-state index is -3.75. The first kappa shape index (κ1) is 26.4. The van der Waals surface area contributed by atoms with Crippen molar-refractivity contribution in [3.63, 3.8) is 0 Å². The molecule has 2 amide bonds. The Labute approximate surface area is 197 Å². The molecule has 0 aliphatic rings. The lowest BCUT2D eigenvalue weighted by molar-refractivity contribution is -0.139. The van der Waals surface area contributed by atoms with Gasteiger partial charge in [-0.25, -0.2) is 8.42 Å². The molecular formula is C25H35N3O4S. The van der Waals surface area contributed by atoms with Crippen LogP contribution in [0.15, 0.2) is 48.5 Å². The fourth-order valence-electron chi connectivity index (χ4n) is 3.71. The van der Waals surface area contributed by atoms with Gasteiger partial charge in [0.15, 0.2) is 0 Å². The van der Waals surface area contributed by atoms with Crippen molar-refractivity contribution in [3.8, 4) is 0 Å². The minimum absolute atomic E-state index is 0.0678. The van der Waals surface area contributed by atoms with Crippen molar-refractivity contribution in [2.45, 2.75) is 53.1 Å². The number of benzene rings is 2. The van der Waals surface area contributed by atoms with Crippen LogP contribution in [-0.4, -0.2) is 50.5 Å². The van der Waals surface area contributed by atoms with Crippen LogP contribution >= 0.6 is 0 Å². The monoisotopic (exact) mass is 473 g/mol. The second kappa shape index (κ2) is 11.3. The Morgan fingerprint density at radius 2 is 1.70 bits per heavy atom. The number of sulfonamides is 1. The highest BCUT2D eigenvalue weighted by molar-refractivity contribution is 7.92. The number of hydrogen-bond acceptors (Lipinski definition) is 4. The van der Waals surface area contributed by atoms with Crippen LogP contribution < -0.4 is 9.62 Å². The number of carbonyl (C=O) groups is 2. The maximum atomic E-state index is 13.5. The maximum Gasteiger partial charge on any atom is 0.244 e. The molecule has 0 bridgehead atoms. The molecule has 0 aliphatic carbocycles. The van der Waals surface area contributed by atoms with E-state index in [9.17, 15) is 18.0 Å². The fraction of sp³-hybridized carbons (Fsp3) is 0.440. The lowest BCUT2D eigenvalue weighted by atomic mass is 10.0. The van der Waals surface area contributed by atoms with Crippen molar-refractivity contribution in [2.75, 3.05) is 23.7 Å². The SMILES string of the molecule is CCNC(=O)C(C)N(Cc1cccc(C)c1)C(=O)CN(c1ccccc1C(C)C)S(C)(=O)=O. The number of likely N-dealkylation sites (N-methyl/N-ethyl adjacent to an activating group) is 1. The summed E-state index contributed by atoms with van der Waals surface area (Å²) in [6.45, 7) is 9.62. The Kier molecular flexibility index (Phi) is 9.05. The quantitative estimate of drug-likeness (QED) is 0.573. The van der Waals surface area contributed by atoms with Gasteiger partial charge in [-0.15, -0.1) is 0 Å². The van der Waals surface area contributed by atoms with Gasteiger partial charge in [0.1, 0.15) is 12.6 Å². The maximum absolute atomic E-state index is 13.5. The summed E-state index contributed by atoms with van der Waals surface area (Å²) < 4.78 is 26.6. The number of carbonyl (C=O) groups excluding carboxylic acids is 2. The van der Waals surface area contributed by atoms with Crippen molar-refractivity contribution in [3.05, 3.63) is 65.2 Å². The number of aryl methyl sites for hydroxylation is 1. The smallest absolute Gasteiger partial charge is 0.244 e. The van der Waals surface area contributed by atoms with Gasteiger partial charge in [0, 0.05) is 13.1 Å². The molecule has 180 valence electrons. The van der Waals surface area contributed by atoms with E-state index in [0.717, 1.165) is 27.3 Å². The number of nitrogens with zero attached hydrogens (tertiary/aromatic N) is 2. The van der Waals surface area contributed by atoms with Crippen LogP contribution in [0.1, 0.15) is 50.3 Å². The summed E-state index contributed by atoms with van der Waals surface area (Å²) in [6, 6.07) is 14.1. The molecule has 33 heavy (non-hydrogen) atoms. The van der Waals surface area contributed by atoms with Gasteiger partial charge in [-0.3, -0.25) is 13.9 Å². The summed E-state index contributed by atoms with van der Waals surface area (Å²) in [5, 5.41) is 2.75. The molecule has 2 aromatic rings. The van der Waals surface area contributed by atoms with Gasteiger partial charge in [-0.2, -0.15) is 0 Å². The average molecular weight is 474 g/mol. The molecule has 8 heteroatoms. The Morgan fingerprint density at radius 3 is 2.27 bits per heavy atom. The van der Waals surface area contributed by atoms with E-state index in [-0.39, 0.29) is 18.4 Å². The summed E-state index contributed by atoms with van der Waals surface area (Å²) in [5.74, 6) is -0.663. The highest BCUT2D eigenvalue weighted by Crippen LogP contribution is 2.29. The number of para-hydroxylation sites is 1. The molecule has 1 N–H and O–H groups in total. The molecule has 1 unspecified atom stereocenters. The first-order valence-electron chi connectivity index (χ1n) is 11.1. The van der Waals surface area contributed by atoms with E-state index < -0.39 is 28.5 Å². The number of amides is 2. The highest BCUT2D eigenvalue weighted by atomic mass is 32.2. The van der Waals surface area contributed by atoms with E-state index >= 15 is 0 Å². The molecule has 0 aromatic heterocycles. The van der Waals surface area contributed by atoms with Gasteiger partial charge in [0.2, 0.25) is 21.8 Å². The molecule has 0 fully saturated rings. The second-order valence-corrected chi connectivity index (χ2v) is 10.5. The highest BCUT2D eigenvalue weighted by Gasteiger charge is 2.30. The third-order valence-corrected chi connectivity index (χ3v) is 6.59. The number of rotatable bonds is 10. The van der Waals surface area contributed by atoms with Crippen LogP contribution in [0.3, 0.4) is 0 Å². The van der Waals surface area contributed by atoms with E-state index in [1.807, 2.05) is 64.1 Å². The Morgan fingerprint density at radius 1 is 1.03 bits per heavy atom. The minimum Gasteiger partial charge on any atom is -0.355 e. The van der Waals surface area contributed by atoms with Gasteiger partial charge in [0.25, 0.3) is 0 Å². The summed E-state index contributed by atoms with van der Waals surface area (Å²) in [5.41, 5.74) is 3.21. The number of anilines is 1. The summed E-state index contributed by atoms with van der Waals surface area (Å²) >= 11 is 0. The molecule has 0 heterocycles. The van der Waals surface area contributed by atoms with Crippen molar-refractivity contribution in [1.82, 2.24) is 10.2 Å². The molecule has 0 saturated carbocycles. The van der Waals surface area contributed by atoms with E-state index in [1.54, 1.807) is 19.1 Å². The van der Waals surface area contributed by atoms with Crippen LogP contribution in [0.2, 0.25) is 0 Å². The predicted octanol–water partition coefficient (Wildman–Crippen LogP) is 3.44. The zero-order valence-corrected chi connectivity index (χ0v) is 21.1. The van der Waals surface area contributed by atoms with E-state index in [1.165, 1.54) is 4.90 Å². The predicted molar refractivity (Wildman–Crippen MR) is 133 cm³/mol. The molecule has 7 nitrogen and oxygen atoms in total. The largest absolute Gasteiger partial charge is 0.355 e. The molecule has 2 aromatic carbocycles. The summed E-state index contributed by atoms with van der Waals surface area (Å²) in [4.78, 5) is 27.6. The van der Waals surface area contributed by atoms with Gasteiger partial charge in [-0.05, 0) is 43.9 Å². The standard InChI is InChI=1S/C25H35N3O4S/c1-7-26-25(30)20(5)27(16-21-12-10-11-19(4)15-21)24(29)17-28(33(6,31)32)23-14-9-8-13-22(23)18(2)3/h8-15,18,20H,7,16-17H2,1-6H3,(H,26,30). The van der Waals surface area contributed by atoms with Crippen molar-refractivity contribution >= 4 is 27.5 Å². The van der Waals surface area contributed by atoms with Crippen LogP contribution in [0.4, 0.5) is 5.69 Å². The first-order valence-corrected chi connectivity index (χ1v) is 13.0. The number of hydrogen-bond donors (Lipinski definition) is 1. The van der Waals surface area contributed by atoms with Gasteiger partial charge in [-0.1, -0.05) is 61.9 Å². The van der Waals surface area contributed by atoms with Gasteiger partial charge in [0.05, 0.1) is 11.9 Å². The Balaban J connectivity index is 2.45. The van der Waals surface area contributed by atoms with Crippen molar-refractivity contribution in [2.24, 2.45) is 0 Å². The lowest BCUT2D eigenvalue weighted by Gasteiger charge is -2.32. The van der Waals surface area contributed by atoms with Crippen LogP contribution in [0.25, 0.3) is 0 Å². The first-order chi connectivity index (χ1) is 15.5. The zero-order chi connectivity index (χ0) is 24.8. The molecule has 0 spiro atoms. The van der Waals surface area contributed by atoms with Gasteiger partial charge >= 0.3 is 0 Å². The van der Waals surface area contributed by atoms with Crippen LogP contribution in [0, 0.1) is 6.92 Å². The van der Waals surface area contributed by atoms with Crippen molar-refractivity contribution in [1.29, 1.82) is 0 Å². The second-order valence-electron chi connectivity index (χ2n) is 8.56. The Bertz CT molecular complexity index is 1080. The lowest BCUT2D eigenvalue weighted by Crippen LogP contribution is -2.51. The van der Waals surface area contributed by atoms with Crippen LogP contribution in [0.5, 0.6) is 0 Å².